The summed E-state index contributed by atoms with van der Waals surface area (Å²) in [5, 5.41) is 0. The first-order valence-corrected chi connectivity index (χ1v) is 14.0. The van der Waals surface area contributed by atoms with E-state index in [2.05, 4.69) is 36.4 Å². The van der Waals surface area contributed by atoms with Crippen molar-refractivity contribution in [3.05, 3.63) is 83.4 Å². The molecule has 0 radical (unpaired) electrons. The fourth-order valence-corrected chi connectivity index (χ4v) is 5.22. The zero-order valence-electron chi connectivity index (χ0n) is 21.4. The highest BCUT2D eigenvalue weighted by Crippen LogP contribution is 2.37. The Labute approximate surface area is 212 Å². The molecule has 2 aromatic rings. The lowest BCUT2D eigenvalue weighted by molar-refractivity contribution is 0.116. The summed E-state index contributed by atoms with van der Waals surface area (Å²) >= 11 is 0. The molecular weight excluding hydrogens is 438 g/mol. The Bertz CT molecular complexity index is 840. The van der Waals surface area contributed by atoms with E-state index in [4.69, 9.17) is 4.74 Å². The van der Waals surface area contributed by atoms with Crippen molar-refractivity contribution < 1.29 is 13.5 Å². The van der Waals surface area contributed by atoms with E-state index < -0.39 is 11.6 Å². The fourth-order valence-electron chi connectivity index (χ4n) is 5.22. The van der Waals surface area contributed by atoms with Gasteiger partial charge in [0.25, 0.3) is 0 Å². The summed E-state index contributed by atoms with van der Waals surface area (Å²) in [4.78, 5) is 0. The van der Waals surface area contributed by atoms with Gasteiger partial charge in [-0.3, -0.25) is 0 Å². The van der Waals surface area contributed by atoms with Gasteiger partial charge >= 0.3 is 0 Å². The average molecular weight is 483 g/mol. The van der Waals surface area contributed by atoms with E-state index in [1.807, 2.05) is 6.07 Å². The van der Waals surface area contributed by atoms with Crippen LogP contribution in [0.4, 0.5) is 8.78 Å². The number of hydrogen-bond acceptors (Lipinski definition) is 1. The normalized spacial score (nSPS) is 18.3. The van der Waals surface area contributed by atoms with Gasteiger partial charge < -0.3 is 4.74 Å². The molecule has 0 bridgehead atoms. The molecule has 1 fully saturated rings. The van der Waals surface area contributed by atoms with Gasteiger partial charge in [0.1, 0.15) is 0 Å². The summed E-state index contributed by atoms with van der Waals surface area (Å²) in [6, 6.07) is 15.0. The van der Waals surface area contributed by atoms with Gasteiger partial charge in [-0.2, -0.15) is 0 Å². The molecule has 0 spiro atoms. The zero-order valence-corrected chi connectivity index (χ0v) is 21.4. The zero-order chi connectivity index (χ0) is 24.6. The number of allylic oxidation sites excluding steroid dienone is 2. The van der Waals surface area contributed by atoms with Gasteiger partial charge in [0, 0.05) is 6.61 Å². The average Bonchev–Trinajstić information content (AvgIpc) is 2.89. The van der Waals surface area contributed by atoms with Crippen LogP contribution in [0.3, 0.4) is 0 Å². The third kappa shape index (κ3) is 10.7. The van der Waals surface area contributed by atoms with Gasteiger partial charge in [0.2, 0.25) is 0 Å². The predicted molar refractivity (Wildman–Crippen MR) is 142 cm³/mol. The largest absolute Gasteiger partial charge is 0.377 e. The molecule has 0 unspecified atom stereocenters. The standard InChI is InChI=1S/C32H44F2O/c33-31-20-15-19-30(32(31)34)29-23-21-27(22-24-29)16-11-8-6-4-2-1-3-5-7-9-14-25-35-26-28-17-12-10-13-18-28/h10-13,15-20,27,29H,1-9,14,21-26H2. The van der Waals surface area contributed by atoms with E-state index in [1.165, 1.54) is 75.8 Å². The molecule has 0 aromatic heterocycles. The lowest BCUT2D eigenvalue weighted by atomic mass is 9.78. The molecule has 0 heterocycles. The van der Waals surface area contributed by atoms with Gasteiger partial charge in [-0.15, -0.1) is 0 Å². The second-order valence-electron chi connectivity index (χ2n) is 10.2. The molecule has 3 rings (SSSR count). The minimum absolute atomic E-state index is 0.170. The summed E-state index contributed by atoms with van der Waals surface area (Å²) in [5.74, 6) is -0.588. The van der Waals surface area contributed by atoms with Crippen LogP contribution in [-0.2, 0) is 11.3 Å². The number of benzene rings is 2. The Kier molecular flexibility index (Phi) is 13.1. The van der Waals surface area contributed by atoms with Gasteiger partial charge in [-0.25, -0.2) is 8.78 Å². The Hall–Kier alpha value is -2.00. The van der Waals surface area contributed by atoms with E-state index in [9.17, 15) is 8.78 Å². The maximum atomic E-state index is 14.0. The molecule has 0 atom stereocenters. The van der Waals surface area contributed by atoms with E-state index in [1.54, 1.807) is 12.1 Å². The van der Waals surface area contributed by atoms with Crippen molar-refractivity contribution in [3.63, 3.8) is 0 Å². The highest BCUT2D eigenvalue weighted by molar-refractivity contribution is 5.23. The molecule has 192 valence electrons. The molecule has 3 heteroatoms. The van der Waals surface area contributed by atoms with E-state index in [-0.39, 0.29) is 5.92 Å². The van der Waals surface area contributed by atoms with E-state index >= 15 is 0 Å². The fraction of sp³-hybridized carbons (Fsp3) is 0.562. The van der Waals surface area contributed by atoms with Crippen molar-refractivity contribution in [3.8, 4) is 0 Å². The predicted octanol–water partition coefficient (Wildman–Crippen LogP) is 9.91. The molecular formula is C32H44F2O. The molecule has 1 saturated carbocycles. The van der Waals surface area contributed by atoms with E-state index in [0.717, 1.165) is 38.9 Å². The Morgan fingerprint density at radius 1 is 0.714 bits per heavy atom. The summed E-state index contributed by atoms with van der Waals surface area (Å²) in [6.07, 6.45) is 21.7. The van der Waals surface area contributed by atoms with Crippen molar-refractivity contribution in [2.45, 2.75) is 102 Å². The molecule has 1 aliphatic rings. The monoisotopic (exact) mass is 482 g/mol. The smallest absolute Gasteiger partial charge is 0.162 e. The third-order valence-electron chi connectivity index (χ3n) is 7.37. The van der Waals surface area contributed by atoms with Crippen LogP contribution in [0.25, 0.3) is 0 Å². The lowest BCUT2D eigenvalue weighted by Crippen LogP contribution is -2.13. The van der Waals surface area contributed by atoms with Crippen LogP contribution in [0, 0.1) is 17.6 Å². The summed E-state index contributed by atoms with van der Waals surface area (Å²) in [5.41, 5.74) is 1.82. The first kappa shape index (κ1) is 27.6. The highest BCUT2D eigenvalue weighted by atomic mass is 19.2. The van der Waals surface area contributed by atoms with Crippen LogP contribution >= 0.6 is 0 Å². The number of unbranched alkanes of at least 4 members (excludes halogenated alkanes) is 9. The lowest BCUT2D eigenvalue weighted by Gasteiger charge is -2.27. The first-order valence-electron chi connectivity index (χ1n) is 14.0. The first-order chi connectivity index (χ1) is 17.2. The quantitative estimate of drug-likeness (QED) is 0.171. The Balaban J connectivity index is 1.09. The maximum absolute atomic E-state index is 14.0. The van der Waals surface area contributed by atoms with Crippen molar-refractivity contribution >= 4 is 0 Å². The van der Waals surface area contributed by atoms with Crippen molar-refractivity contribution in [2.75, 3.05) is 6.61 Å². The number of ether oxygens (including phenoxy) is 1. The number of halogens is 2. The SMILES string of the molecule is Fc1cccc(C2CCC(C=CCCCCCCCCCCCOCc3ccccc3)CC2)c1F. The summed E-state index contributed by atoms with van der Waals surface area (Å²) in [6.45, 7) is 1.60. The van der Waals surface area contributed by atoms with Gasteiger partial charge in [-0.05, 0) is 74.0 Å². The van der Waals surface area contributed by atoms with Crippen LogP contribution in [0.1, 0.15) is 107 Å². The molecule has 0 aliphatic heterocycles. The second-order valence-corrected chi connectivity index (χ2v) is 10.2. The minimum atomic E-state index is -0.718. The second kappa shape index (κ2) is 16.6. The molecule has 0 N–H and O–H groups in total. The molecule has 1 nitrogen and oxygen atoms in total. The Morgan fingerprint density at radius 3 is 2.09 bits per heavy atom. The maximum Gasteiger partial charge on any atom is 0.162 e. The number of rotatable bonds is 16. The summed E-state index contributed by atoms with van der Waals surface area (Å²) < 4.78 is 33.3. The van der Waals surface area contributed by atoms with Crippen LogP contribution < -0.4 is 0 Å². The molecule has 1 aliphatic carbocycles. The minimum Gasteiger partial charge on any atom is -0.377 e. The van der Waals surface area contributed by atoms with Gasteiger partial charge in [-0.1, -0.05) is 99.6 Å². The third-order valence-corrected chi connectivity index (χ3v) is 7.37. The van der Waals surface area contributed by atoms with Gasteiger partial charge in [0.05, 0.1) is 6.61 Å². The molecule has 2 aromatic carbocycles. The van der Waals surface area contributed by atoms with Crippen LogP contribution in [-0.4, -0.2) is 6.61 Å². The van der Waals surface area contributed by atoms with E-state index in [0.29, 0.717) is 11.5 Å². The highest BCUT2D eigenvalue weighted by Gasteiger charge is 2.24. The van der Waals surface area contributed by atoms with Crippen molar-refractivity contribution in [2.24, 2.45) is 5.92 Å². The van der Waals surface area contributed by atoms with Crippen LogP contribution in [0.5, 0.6) is 0 Å². The van der Waals surface area contributed by atoms with Gasteiger partial charge in [0.15, 0.2) is 11.6 Å². The van der Waals surface area contributed by atoms with Crippen molar-refractivity contribution in [1.82, 2.24) is 0 Å². The molecule has 0 saturated heterocycles. The van der Waals surface area contributed by atoms with Crippen LogP contribution in [0.15, 0.2) is 60.7 Å². The molecule has 0 amide bonds. The molecule has 35 heavy (non-hydrogen) atoms. The topological polar surface area (TPSA) is 9.23 Å². The van der Waals surface area contributed by atoms with Crippen molar-refractivity contribution in [1.29, 1.82) is 0 Å². The van der Waals surface area contributed by atoms with Crippen LogP contribution in [0.2, 0.25) is 0 Å². The Morgan fingerprint density at radius 2 is 1.37 bits per heavy atom. The number of hydrogen-bond donors (Lipinski definition) is 0. The summed E-state index contributed by atoms with van der Waals surface area (Å²) in [7, 11) is 0.